The van der Waals surface area contributed by atoms with Crippen molar-refractivity contribution in [2.24, 2.45) is 0 Å². The second kappa shape index (κ2) is 10.9. The lowest BCUT2D eigenvalue weighted by atomic mass is 10.1. The number of carbonyl (C=O) groups excluding carboxylic acids is 1. The number of amides is 1. The lowest BCUT2D eigenvalue weighted by Crippen LogP contribution is -2.26. The van der Waals surface area contributed by atoms with E-state index in [-0.39, 0.29) is 5.91 Å². The summed E-state index contributed by atoms with van der Waals surface area (Å²) in [6.07, 6.45) is 0.597. The Labute approximate surface area is 215 Å². The molecule has 1 aromatic heterocycles. The highest BCUT2D eigenvalue weighted by molar-refractivity contribution is 6.35. The van der Waals surface area contributed by atoms with Crippen LogP contribution in [-0.2, 0) is 6.42 Å². The molecule has 5 nitrogen and oxygen atoms in total. The summed E-state index contributed by atoms with van der Waals surface area (Å²) in [7, 11) is 3.24. The van der Waals surface area contributed by atoms with E-state index in [0.29, 0.717) is 40.1 Å². The van der Waals surface area contributed by atoms with Gasteiger partial charge in [0.2, 0.25) is 0 Å². The van der Waals surface area contributed by atoms with Gasteiger partial charge in [0, 0.05) is 28.4 Å². The number of halogens is 2. The SMILES string of the molecule is COc1ccc(-n2c(-c3ccccc3)cc(C(=O)NCCc3ccc(Cl)cc3Cl)c2C)c(OC)c1. The maximum atomic E-state index is 13.2. The van der Waals surface area contributed by atoms with Gasteiger partial charge in [0.05, 0.1) is 31.2 Å². The number of benzene rings is 3. The highest BCUT2D eigenvalue weighted by Crippen LogP contribution is 2.35. The van der Waals surface area contributed by atoms with Crippen molar-refractivity contribution >= 4 is 29.1 Å². The number of nitrogens with zero attached hydrogens (tertiary/aromatic N) is 1. The zero-order valence-corrected chi connectivity index (χ0v) is 21.3. The molecule has 4 aromatic rings. The van der Waals surface area contributed by atoms with Crippen LogP contribution in [0.15, 0.2) is 72.8 Å². The van der Waals surface area contributed by atoms with Crippen LogP contribution in [0.25, 0.3) is 16.9 Å². The van der Waals surface area contributed by atoms with Crippen LogP contribution in [0.1, 0.15) is 21.6 Å². The summed E-state index contributed by atoms with van der Waals surface area (Å²) in [6, 6.07) is 22.9. The van der Waals surface area contributed by atoms with Gasteiger partial charge in [-0.15, -0.1) is 0 Å². The lowest BCUT2D eigenvalue weighted by molar-refractivity contribution is 0.0953. The van der Waals surface area contributed by atoms with Crippen molar-refractivity contribution in [3.8, 4) is 28.4 Å². The van der Waals surface area contributed by atoms with Gasteiger partial charge >= 0.3 is 0 Å². The van der Waals surface area contributed by atoms with E-state index in [1.165, 1.54) is 0 Å². The van der Waals surface area contributed by atoms with E-state index in [0.717, 1.165) is 28.2 Å². The van der Waals surface area contributed by atoms with E-state index >= 15 is 0 Å². The monoisotopic (exact) mass is 508 g/mol. The molecule has 3 aromatic carbocycles. The van der Waals surface area contributed by atoms with Gasteiger partial charge in [0.25, 0.3) is 5.91 Å². The molecule has 180 valence electrons. The predicted octanol–water partition coefficient (Wildman–Crippen LogP) is 6.75. The molecular weight excluding hydrogens is 483 g/mol. The fourth-order valence-corrected chi connectivity index (χ4v) is 4.57. The van der Waals surface area contributed by atoms with Crippen LogP contribution in [-0.4, -0.2) is 31.2 Å². The highest BCUT2D eigenvalue weighted by atomic mass is 35.5. The molecule has 0 bridgehead atoms. The summed E-state index contributed by atoms with van der Waals surface area (Å²) in [5.74, 6) is 1.18. The van der Waals surface area contributed by atoms with Crippen LogP contribution in [0.3, 0.4) is 0 Å². The minimum absolute atomic E-state index is 0.156. The zero-order chi connectivity index (χ0) is 24.9. The third-order valence-corrected chi connectivity index (χ3v) is 6.47. The average molecular weight is 509 g/mol. The molecular formula is C28H26Cl2N2O3. The second-order valence-corrected chi connectivity index (χ2v) is 8.85. The Hall–Kier alpha value is -3.41. The quantitative estimate of drug-likeness (QED) is 0.286. The normalized spacial score (nSPS) is 10.8. The summed E-state index contributed by atoms with van der Waals surface area (Å²) in [5, 5.41) is 4.20. The third kappa shape index (κ3) is 5.31. The highest BCUT2D eigenvalue weighted by Gasteiger charge is 2.21. The number of hydrogen-bond donors (Lipinski definition) is 1. The van der Waals surface area contributed by atoms with E-state index in [4.69, 9.17) is 32.7 Å². The lowest BCUT2D eigenvalue weighted by Gasteiger charge is -2.16. The topological polar surface area (TPSA) is 52.5 Å². The number of ether oxygens (including phenoxy) is 2. The summed E-state index contributed by atoms with van der Waals surface area (Å²) in [5.41, 5.74) is 5.01. The number of hydrogen-bond acceptors (Lipinski definition) is 3. The Morgan fingerprint density at radius 3 is 2.40 bits per heavy atom. The van der Waals surface area contributed by atoms with Crippen LogP contribution in [0, 0.1) is 6.92 Å². The van der Waals surface area contributed by atoms with Crippen molar-refractivity contribution in [3.63, 3.8) is 0 Å². The Kier molecular flexibility index (Phi) is 7.69. The molecule has 0 fully saturated rings. The minimum Gasteiger partial charge on any atom is -0.497 e. The molecule has 35 heavy (non-hydrogen) atoms. The molecule has 0 atom stereocenters. The van der Waals surface area contributed by atoms with E-state index in [1.807, 2.05) is 72.2 Å². The molecule has 1 N–H and O–H groups in total. The molecule has 0 spiro atoms. The first-order valence-corrected chi connectivity index (χ1v) is 11.9. The first-order chi connectivity index (χ1) is 16.9. The first kappa shape index (κ1) is 24.7. The van der Waals surface area contributed by atoms with Crippen molar-refractivity contribution in [2.75, 3.05) is 20.8 Å². The minimum atomic E-state index is -0.156. The molecule has 0 radical (unpaired) electrons. The second-order valence-electron chi connectivity index (χ2n) is 8.01. The molecule has 0 aliphatic carbocycles. The van der Waals surface area contributed by atoms with Crippen LogP contribution in [0.2, 0.25) is 10.0 Å². The molecule has 7 heteroatoms. The Balaban J connectivity index is 1.68. The van der Waals surface area contributed by atoms with Crippen molar-refractivity contribution in [3.05, 3.63) is 99.7 Å². The van der Waals surface area contributed by atoms with Crippen molar-refractivity contribution in [1.82, 2.24) is 9.88 Å². The number of carbonyl (C=O) groups is 1. The third-order valence-electron chi connectivity index (χ3n) is 5.88. The first-order valence-electron chi connectivity index (χ1n) is 11.1. The van der Waals surface area contributed by atoms with Crippen molar-refractivity contribution in [1.29, 1.82) is 0 Å². The fraction of sp³-hybridized carbons (Fsp3) is 0.179. The molecule has 1 amide bonds. The fourth-order valence-electron chi connectivity index (χ4n) is 4.07. The molecule has 0 saturated heterocycles. The number of methoxy groups -OCH3 is 2. The Morgan fingerprint density at radius 1 is 0.943 bits per heavy atom. The maximum Gasteiger partial charge on any atom is 0.253 e. The molecule has 0 aliphatic rings. The number of rotatable bonds is 8. The Morgan fingerprint density at radius 2 is 1.71 bits per heavy atom. The Bertz CT molecular complexity index is 1350. The van der Waals surface area contributed by atoms with Gasteiger partial charge in [-0.3, -0.25) is 4.79 Å². The standard InChI is InChI=1S/C28H26Cl2N2O3/c1-18-23(28(33)31-14-13-19-9-10-21(29)15-24(19)30)17-26(20-7-5-4-6-8-20)32(18)25-12-11-22(34-2)16-27(25)35-3/h4-12,15-17H,13-14H2,1-3H3,(H,31,33). The number of aromatic nitrogens is 1. The maximum absolute atomic E-state index is 13.2. The molecule has 4 rings (SSSR count). The van der Waals surface area contributed by atoms with Crippen LogP contribution < -0.4 is 14.8 Å². The zero-order valence-electron chi connectivity index (χ0n) is 19.8. The summed E-state index contributed by atoms with van der Waals surface area (Å²) < 4.78 is 13.1. The van der Waals surface area contributed by atoms with Gasteiger partial charge in [-0.05, 0) is 54.8 Å². The van der Waals surface area contributed by atoms with E-state index in [2.05, 4.69) is 5.32 Å². The average Bonchev–Trinajstić information content (AvgIpc) is 3.22. The van der Waals surface area contributed by atoms with Crippen LogP contribution in [0.5, 0.6) is 11.5 Å². The van der Waals surface area contributed by atoms with Gasteiger partial charge in [0.1, 0.15) is 11.5 Å². The van der Waals surface area contributed by atoms with E-state index in [1.54, 1.807) is 26.4 Å². The van der Waals surface area contributed by atoms with Crippen molar-refractivity contribution in [2.45, 2.75) is 13.3 Å². The summed E-state index contributed by atoms with van der Waals surface area (Å²) in [4.78, 5) is 13.2. The summed E-state index contributed by atoms with van der Waals surface area (Å²) in [6.45, 7) is 2.37. The molecule has 0 unspecified atom stereocenters. The molecule has 0 saturated carbocycles. The van der Waals surface area contributed by atoms with Crippen LogP contribution >= 0.6 is 23.2 Å². The van der Waals surface area contributed by atoms with Crippen molar-refractivity contribution < 1.29 is 14.3 Å². The molecule has 0 aliphatic heterocycles. The van der Waals surface area contributed by atoms with Gasteiger partial charge in [0.15, 0.2) is 0 Å². The van der Waals surface area contributed by atoms with E-state index in [9.17, 15) is 4.79 Å². The van der Waals surface area contributed by atoms with Gasteiger partial charge in [-0.1, -0.05) is 59.6 Å². The van der Waals surface area contributed by atoms with Crippen LogP contribution in [0.4, 0.5) is 0 Å². The van der Waals surface area contributed by atoms with E-state index < -0.39 is 0 Å². The smallest absolute Gasteiger partial charge is 0.253 e. The van der Waals surface area contributed by atoms with Gasteiger partial charge in [-0.2, -0.15) is 0 Å². The molecule has 1 heterocycles. The van der Waals surface area contributed by atoms with Gasteiger partial charge < -0.3 is 19.4 Å². The van der Waals surface area contributed by atoms with Gasteiger partial charge in [-0.25, -0.2) is 0 Å². The largest absolute Gasteiger partial charge is 0.497 e. The predicted molar refractivity (Wildman–Crippen MR) is 142 cm³/mol. The summed E-state index contributed by atoms with van der Waals surface area (Å²) >= 11 is 12.3. The number of nitrogens with one attached hydrogen (secondary N) is 1.